The Balaban J connectivity index is 2.50. The van der Waals surface area contributed by atoms with Crippen LogP contribution in [0.3, 0.4) is 0 Å². The molecule has 0 radical (unpaired) electrons. The Labute approximate surface area is 83.7 Å². The molecule has 80 valence electrons. The number of rotatable bonds is 3. The number of carbonyl (C=O) groups excluding carboxylic acids is 1. The lowest BCUT2D eigenvalue weighted by Crippen LogP contribution is -2.58. The molecule has 0 aromatic rings. The van der Waals surface area contributed by atoms with E-state index in [1.165, 1.54) is 6.92 Å². The van der Waals surface area contributed by atoms with Crippen molar-refractivity contribution in [2.45, 2.75) is 39.7 Å². The molecule has 4 heteroatoms. The van der Waals surface area contributed by atoms with Gasteiger partial charge in [-0.25, -0.2) is 0 Å². The summed E-state index contributed by atoms with van der Waals surface area (Å²) in [4.78, 5) is 21.4. The SMILES string of the molecule is CC(=O)NC1CC(CC(=O)O)C1(C)C. The van der Waals surface area contributed by atoms with Crippen molar-refractivity contribution < 1.29 is 14.7 Å². The van der Waals surface area contributed by atoms with Crippen molar-refractivity contribution in [3.63, 3.8) is 0 Å². The topological polar surface area (TPSA) is 66.4 Å². The molecule has 2 N–H and O–H groups in total. The first kappa shape index (κ1) is 11.0. The van der Waals surface area contributed by atoms with E-state index in [9.17, 15) is 9.59 Å². The van der Waals surface area contributed by atoms with Gasteiger partial charge in [-0.15, -0.1) is 0 Å². The third-order valence-corrected chi connectivity index (χ3v) is 3.27. The van der Waals surface area contributed by atoms with Crippen LogP contribution in [0.25, 0.3) is 0 Å². The van der Waals surface area contributed by atoms with Gasteiger partial charge in [-0.1, -0.05) is 13.8 Å². The Kier molecular flexibility index (Phi) is 2.83. The summed E-state index contributed by atoms with van der Waals surface area (Å²) in [5, 5.41) is 11.5. The van der Waals surface area contributed by atoms with Gasteiger partial charge < -0.3 is 10.4 Å². The zero-order valence-corrected chi connectivity index (χ0v) is 8.83. The normalized spacial score (nSPS) is 29.1. The van der Waals surface area contributed by atoms with Gasteiger partial charge >= 0.3 is 5.97 Å². The van der Waals surface area contributed by atoms with E-state index >= 15 is 0 Å². The van der Waals surface area contributed by atoms with Crippen molar-refractivity contribution in [2.75, 3.05) is 0 Å². The van der Waals surface area contributed by atoms with Crippen molar-refractivity contribution in [3.8, 4) is 0 Å². The Morgan fingerprint density at radius 1 is 1.50 bits per heavy atom. The average Bonchev–Trinajstić information content (AvgIpc) is 2.01. The second-order valence-corrected chi connectivity index (χ2v) is 4.60. The highest BCUT2D eigenvalue weighted by molar-refractivity contribution is 5.73. The van der Waals surface area contributed by atoms with E-state index in [1.54, 1.807) is 0 Å². The largest absolute Gasteiger partial charge is 0.481 e. The predicted molar refractivity (Wildman–Crippen MR) is 51.7 cm³/mol. The number of carboxylic acid groups (broad SMARTS) is 1. The van der Waals surface area contributed by atoms with E-state index < -0.39 is 5.97 Å². The lowest BCUT2D eigenvalue weighted by atomic mass is 9.57. The molecular formula is C10H17NO3. The maximum absolute atomic E-state index is 10.8. The molecule has 0 aromatic carbocycles. The molecule has 0 spiro atoms. The van der Waals surface area contributed by atoms with Gasteiger partial charge in [0.15, 0.2) is 0 Å². The monoisotopic (exact) mass is 199 g/mol. The van der Waals surface area contributed by atoms with E-state index in [1.807, 2.05) is 13.8 Å². The minimum atomic E-state index is -0.760. The molecule has 0 saturated heterocycles. The zero-order valence-electron chi connectivity index (χ0n) is 8.83. The zero-order chi connectivity index (χ0) is 10.9. The summed E-state index contributed by atoms with van der Waals surface area (Å²) in [5.74, 6) is -0.627. The third kappa shape index (κ3) is 2.05. The Bertz CT molecular complexity index is 236. The van der Waals surface area contributed by atoms with Crippen LogP contribution < -0.4 is 5.32 Å². The van der Waals surface area contributed by atoms with Gasteiger partial charge in [-0.05, 0) is 17.8 Å². The number of carboxylic acids is 1. The molecule has 1 aliphatic carbocycles. The van der Waals surface area contributed by atoms with E-state index in [-0.39, 0.29) is 29.7 Å². The molecule has 1 fully saturated rings. The van der Waals surface area contributed by atoms with Gasteiger partial charge in [0, 0.05) is 19.4 Å². The fraction of sp³-hybridized carbons (Fsp3) is 0.800. The fourth-order valence-electron chi connectivity index (χ4n) is 2.06. The van der Waals surface area contributed by atoms with Gasteiger partial charge in [0.05, 0.1) is 0 Å². The van der Waals surface area contributed by atoms with Gasteiger partial charge in [0.25, 0.3) is 0 Å². The minimum absolute atomic E-state index is 0.0446. The lowest BCUT2D eigenvalue weighted by molar-refractivity contribution is -0.142. The van der Waals surface area contributed by atoms with Crippen LogP contribution in [0.15, 0.2) is 0 Å². The molecule has 4 nitrogen and oxygen atoms in total. The molecule has 2 atom stereocenters. The highest BCUT2D eigenvalue weighted by Gasteiger charge is 2.48. The van der Waals surface area contributed by atoms with Crippen LogP contribution in [-0.2, 0) is 9.59 Å². The van der Waals surface area contributed by atoms with E-state index in [2.05, 4.69) is 5.32 Å². The van der Waals surface area contributed by atoms with Crippen LogP contribution in [0.5, 0.6) is 0 Å². The van der Waals surface area contributed by atoms with Crippen LogP contribution in [0.4, 0.5) is 0 Å². The highest BCUT2D eigenvalue weighted by Crippen LogP contribution is 2.47. The molecule has 0 aliphatic heterocycles. The second kappa shape index (κ2) is 3.59. The molecular weight excluding hydrogens is 182 g/mol. The van der Waals surface area contributed by atoms with E-state index in [4.69, 9.17) is 5.11 Å². The van der Waals surface area contributed by atoms with Crippen LogP contribution in [0, 0.1) is 11.3 Å². The summed E-state index contributed by atoms with van der Waals surface area (Å²) in [6.45, 7) is 5.50. The number of nitrogens with one attached hydrogen (secondary N) is 1. The summed E-state index contributed by atoms with van der Waals surface area (Å²) < 4.78 is 0. The lowest BCUT2D eigenvalue weighted by Gasteiger charge is -2.51. The van der Waals surface area contributed by atoms with Crippen molar-refractivity contribution in [3.05, 3.63) is 0 Å². The van der Waals surface area contributed by atoms with Crippen LogP contribution in [0.2, 0.25) is 0 Å². The molecule has 1 amide bonds. The fourth-order valence-corrected chi connectivity index (χ4v) is 2.06. The molecule has 2 unspecified atom stereocenters. The summed E-state index contributed by atoms with van der Waals surface area (Å²) in [7, 11) is 0. The first-order chi connectivity index (χ1) is 6.34. The Hall–Kier alpha value is -1.06. The molecule has 0 bridgehead atoms. The van der Waals surface area contributed by atoms with Crippen molar-refractivity contribution in [2.24, 2.45) is 11.3 Å². The first-order valence-corrected chi connectivity index (χ1v) is 4.83. The minimum Gasteiger partial charge on any atom is -0.481 e. The highest BCUT2D eigenvalue weighted by atomic mass is 16.4. The number of carbonyl (C=O) groups is 2. The van der Waals surface area contributed by atoms with Gasteiger partial charge in [0.1, 0.15) is 0 Å². The molecule has 1 aliphatic rings. The predicted octanol–water partition coefficient (Wildman–Crippen LogP) is 1.01. The quantitative estimate of drug-likeness (QED) is 0.713. The molecule has 0 aromatic heterocycles. The summed E-state index contributed by atoms with van der Waals surface area (Å²) in [6.07, 6.45) is 0.974. The number of aliphatic carboxylic acids is 1. The Morgan fingerprint density at radius 2 is 2.07 bits per heavy atom. The smallest absolute Gasteiger partial charge is 0.303 e. The van der Waals surface area contributed by atoms with E-state index in [0.29, 0.717) is 0 Å². The summed E-state index contributed by atoms with van der Waals surface area (Å²) in [5.41, 5.74) is -0.0932. The summed E-state index contributed by atoms with van der Waals surface area (Å²) in [6, 6.07) is 0.129. The standard InChI is InChI=1S/C10H17NO3/c1-6(12)11-8-4-7(5-9(13)14)10(8,2)3/h7-8H,4-5H2,1-3H3,(H,11,12)(H,13,14). The average molecular weight is 199 g/mol. The number of hydrogen-bond donors (Lipinski definition) is 2. The van der Waals surface area contributed by atoms with Crippen molar-refractivity contribution in [1.82, 2.24) is 5.32 Å². The van der Waals surface area contributed by atoms with Gasteiger partial charge in [0.2, 0.25) is 5.91 Å². The van der Waals surface area contributed by atoms with Crippen molar-refractivity contribution in [1.29, 1.82) is 0 Å². The molecule has 0 heterocycles. The van der Waals surface area contributed by atoms with Gasteiger partial charge in [-0.2, -0.15) is 0 Å². The molecule has 1 saturated carbocycles. The molecule has 1 rings (SSSR count). The van der Waals surface area contributed by atoms with Crippen LogP contribution >= 0.6 is 0 Å². The maximum atomic E-state index is 10.8. The number of hydrogen-bond acceptors (Lipinski definition) is 2. The second-order valence-electron chi connectivity index (χ2n) is 4.60. The molecule has 14 heavy (non-hydrogen) atoms. The van der Waals surface area contributed by atoms with Crippen molar-refractivity contribution >= 4 is 11.9 Å². The first-order valence-electron chi connectivity index (χ1n) is 4.83. The summed E-state index contributed by atoms with van der Waals surface area (Å²) >= 11 is 0. The number of amides is 1. The van der Waals surface area contributed by atoms with Crippen LogP contribution in [-0.4, -0.2) is 23.0 Å². The third-order valence-electron chi connectivity index (χ3n) is 3.27. The van der Waals surface area contributed by atoms with E-state index in [0.717, 1.165) is 6.42 Å². The van der Waals surface area contributed by atoms with Gasteiger partial charge in [-0.3, -0.25) is 9.59 Å². The maximum Gasteiger partial charge on any atom is 0.303 e. The van der Waals surface area contributed by atoms with Crippen LogP contribution in [0.1, 0.15) is 33.6 Å². The Morgan fingerprint density at radius 3 is 2.43 bits per heavy atom.